The van der Waals surface area contributed by atoms with Crippen LogP contribution >= 0.6 is 0 Å². The Morgan fingerprint density at radius 1 is 1.25 bits per heavy atom. The topological polar surface area (TPSA) is 80.3 Å². The summed E-state index contributed by atoms with van der Waals surface area (Å²) in [6.45, 7) is 7.96. The number of ether oxygens (including phenoxy) is 2. The first-order valence-electron chi connectivity index (χ1n) is 9.37. The second-order valence-electron chi connectivity index (χ2n) is 8.09. The van der Waals surface area contributed by atoms with Gasteiger partial charge in [-0.1, -0.05) is 0 Å². The lowest BCUT2D eigenvalue weighted by Gasteiger charge is -2.35. The third kappa shape index (κ3) is 3.65. The molecule has 146 valence electrons. The van der Waals surface area contributed by atoms with Crippen molar-refractivity contribution >= 4 is 17.0 Å². The van der Waals surface area contributed by atoms with Crippen molar-refractivity contribution in [3.8, 4) is 11.6 Å². The summed E-state index contributed by atoms with van der Waals surface area (Å²) >= 11 is 0. The van der Waals surface area contributed by atoms with Crippen molar-refractivity contribution < 1.29 is 14.3 Å². The number of nitrogens with one attached hydrogen (secondary N) is 1. The standard InChI is InChI=1S/C21H24N4O3/c1-13-9-16-18(11-25(13)20(26)28-21(2,3)4)23-12-24-19(16)27-15-5-6-17-14(10-15)7-8-22-17/h5-8,10,12-13,22H,9,11H2,1-4H3/t13-/m1/s1. The van der Waals surface area contributed by atoms with Gasteiger partial charge in [0.25, 0.3) is 0 Å². The highest BCUT2D eigenvalue weighted by atomic mass is 16.6. The summed E-state index contributed by atoms with van der Waals surface area (Å²) in [6.07, 6.45) is 3.65. The predicted molar refractivity (Wildman–Crippen MR) is 105 cm³/mol. The number of benzene rings is 1. The molecule has 1 N–H and O–H groups in total. The lowest BCUT2D eigenvalue weighted by molar-refractivity contribution is 0.0133. The third-order valence-electron chi connectivity index (χ3n) is 4.71. The number of amides is 1. The Morgan fingerprint density at radius 3 is 2.86 bits per heavy atom. The van der Waals surface area contributed by atoms with Gasteiger partial charge < -0.3 is 14.5 Å². The Balaban J connectivity index is 1.58. The molecule has 1 atom stereocenters. The Bertz CT molecular complexity index is 1020. The van der Waals surface area contributed by atoms with Crippen molar-refractivity contribution in [3.63, 3.8) is 0 Å². The van der Waals surface area contributed by atoms with E-state index in [0.717, 1.165) is 27.9 Å². The summed E-state index contributed by atoms with van der Waals surface area (Å²) in [5.41, 5.74) is 2.24. The van der Waals surface area contributed by atoms with Crippen LogP contribution in [0.15, 0.2) is 36.8 Å². The second kappa shape index (κ2) is 6.82. The van der Waals surface area contributed by atoms with E-state index in [2.05, 4.69) is 15.0 Å². The van der Waals surface area contributed by atoms with Gasteiger partial charge in [-0.15, -0.1) is 0 Å². The number of carbonyl (C=O) groups excluding carboxylic acids is 1. The minimum absolute atomic E-state index is 0.0390. The molecule has 4 rings (SSSR count). The average molecular weight is 380 g/mol. The van der Waals surface area contributed by atoms with E-state index in [1.807, 2.05) is 58.2 Å². The summed E-state index contributed by atoms with van der Waals surface area (Å²) in [7, 11) is 0. The maximum Gasteiger partial charge on any atom is 0.410 e. The number of fused-ring (bicyclic) bond motifs is 2. The molecule has 0 saturated carbocycles. The zero-order valence-electron chi connectivity index (χ0n) is 16.5. The SMILES string of the molecule is C[C@@H]1Cc2c(ncnc2Oc2ccc3[nH]ccc3c2)CN1C(=O)OC(C)(C)C. The van der Waals surface area contributed by atoms with Crippen LogP contribution in [-0.2, 0) is 17.7 Å². The highest BCUT2D eigenvalue weighted by molar-refractivity contribution is 5.80. The van der Waals surface area contributed by atoms with Crippen LogP contribution < -0.4 is 4.74 Å². The first kappa shape index (κ1) is 18.3. The van der Waals surface area contributed by atoms with Crippen LogP contribution in [-0.4, -0.2) is 37.6 Å². The van der Waals surface area contributed by atoms with Crippen LogP contribution in [0.3, 0.4) is 0 Å². The van der Waals surface area contributed by atoms with E-state index in [1.54, 1.807) is 4.90 Å². The quantitative estimate of drug-likeness (QED) is 0.711. The fourth-order valence-electron chi connectivity index (χ4n) is 3.35. The molecule has 0 radical (unpaired) electrons. The zero-order chi connectivity index (χ0) is 19.9. The molecular weight excluding hydrogens is 356 g/mol. The molecule has 0 spiro atoms. The maximum absolute atomic E-state index is 12.5. The van der Waals surface area contributed by atoms with Crippen LogP contribution in [0.4, 0.5) is 4.79 Å². The summed E-state index contributed by atoms with van der Waals surface area (Å²) in [5.74, 6) is 1.26. The molecule has 1 aliphatic heterocycles. The summed E-state index contributed by atoms with van der Waals surface area (Å²) in [5, 5.41) is 1.07. The molecule has 2 aromatic heterocycles. The molecule has 28 heavy (non-hydrogen) atoms. The Morgan fingerprint density at radius 2 is 2.07 bits per heavy atom. The molecule has 0 aliphatic carbocycles. The smallest absolute Gasteiger partial charge is 0.410 e. The van der Waals surface area contributed by atoms with E-state index in [-0.39, 0.29) is 12.1 Å². The molecule has 7 heteroatoms. The Hall–Kier alpha value is -3.09. The molecule has 0 bridgehead atoms. The fourth-order valence-corrected chi connectivity index (χ4v) is 3.35. The second-order valence-corrected chi connectivity index (χ2v) is 8.09. The number of hydrogen-bond donors (Lipinski definition) is 1. The molecule has 1 aromatic carbocycles. The van der Waals surface area contributed by atoms with Crippen LogP contribution in [0.5, 0.6) is 11.6 Å². The van der Waals surface area contributed by atoms with Crippen molar-refractivity contribution in [3.05, 3.63) is 48.0 Å². The minimum atomic E-state index is -0.534. The van der Waals surface area contributed by atoms with Crippen LogP contribution in [0, 0.1) is 0 Å². The van der Waals surface area contributed by atoms with Gasteiger partial charge in [0.1, 0.15) is 17.7 Å². The van der Waals surface area contributed by atoms with Crippen molar-refractivity contribution in [2.24, 2.45) is 0 Å². The van der Waals surface area contributed by atoms with Gasteiger partial charge in [-0.2, -0.15) is 0 Å². The lowest BCUT2D eigenvalue weighted by atomic mass is 10.00. The Kier molecular flexibility index (Phi) is 4.45. The predicted octanol–water partition coefficient (Wildman–Crippen LogP) is 4.43. The monoisotopic (exact) mass is 380 g/mol. The maximum atomic E-state index is 12.5. The molecule has 3 heterocycles. The van der Waals surface area contributed by atoms with Gasteiger partial charge >= 0.3 is 6.09 Å². The van der Waals surface area contributed by atoms with Gasteiger partial charge in [-0.3, -0.25) is 4.90 Å². The van der Waals surface area contributed by atoms with E-state index in [9.17, 15) is 4.79 Å². The fraction of sp³-hybridized carbons (Fsp3) is 0.381. The summed E-state index contributed by atoms with van der Waals surface area (Å²) < 4.78 is 11.6. The largest absolute Gasteiger partial charge is 0.444 e. The van der Waals surface area contributed by atoms with Gasteiger partial charge in [0, 0.05) is 28.7 Å². The zero-order valence-corrected chi connectivity index (χ0v) is 16.5. The van der Waals surface area contributed by atoms with Gasteiger partial charge in [0.2, 0.25) is 5.88 Å². The van der Waals surface area contributed by atoms with E-state index < -0.39 is 5.60 Å². The van der Waals surface area contributed by atoms with Crippen LogP contribution in [0.25, 0.3) is 10.9 Å². The molecule has 1 amide bonds. The normalized spacial score (nSPS) is 16.7. The molecular formula is C21H24N4O3. The van der Waals surface area contributed by atoms with Crippen molar-refractivity contribution in [2.45, 2.75) is 52.3 Å². The molecule has 1 aliphatic rings. The average Bonchev–Trinajstić information content (AvgIpc) is 3.08. The van der Waals surface area contributed by atoms with E-state index in [0.29, 0.717) is 18.8 Å². The van der Waals surface area contributed by atoms with Crippen molar-refractivity contribution in [1.29, 1.82) is 0 Å². The summed E-state index contributed by atoms with van der Waals surface area (Å²) in [6, 6.07) is 7.82. The van der Waals surface area contributed by atoms with Crippen LogP contribution in [0.1, 0.15) is 39.0 Å². The molecule has 0 fully saturated rings. The number of aromatic nitrogens is 3. The number of nitrogens with zero attached hydrogens (tertiary/aromatic N) is 3. The van der Waals surface area contributed by atoms with Crippen molar-refractivity contribution in [1.82, 2.24) is 19.9 Å². The van der Waals surface area contributed by atoms with Gasteiger partial charge in [-0.05, 0) is 58.4 Å². The van der Waals surface area contributed by atoms with Gasteiger partial charge in [0.05, 0.1) is 12.2 Å². The highest BCUT2D eigenvalue weighted by Gasteiger charge is 2.33. The van der Waals surface area contributed by atoms with E-state index >= 15 is 0 Å². The molecule has 0 unspecified atom stereocenters. The summed E-state index contributed by atoms with van der Waals surface area (Å²) in [4.78, 5) is 26.1. The third-order valence-corrected chi connectivity index (χ3v) is 4.71. The van der Waals surface area contributed by atoms with Gasteiger partial charge in [-0.25, -0.2) is 14.8 Å². The minimum Gasteiger partial charge on any atom is -0.444 e. The van der Waals surface area contributed by atoms with Crippen molar-refractivity contribution in [2.75, 3.05) is 0 Å². The van der Waals surface area contributed by atoms with Gasteiger partial charge in [0.15, 0.2) is 0 Å². The number of aromatic amines is 1. The van der Waals surface area contributed by atoms with E-state index in [1.165, 1.54) is 6.33 Å². The molecule has 7 nitrogen and oxygen atoms in total. The number of hydrogen-bond acceptors (Lipinski definition) is 5. The number of rotatable bonds is 2. The molecule has 0 saturated heterocycles. The first-order valence-corrected chi connectivity index (χ1v) is 9.37. The number of carbonyl (C=O) groups is 1. The van der Waals surface area contributed by atoms with E-state index in [4.69, 9.17) is 9.47 Å². The number of H-pyrrole nitrogens is 1. The lowest BCUT2D eigenvalue weighted by Crippen LogP contribution is -2.45. The Labute approximate surface area is 163 Å². The molecule has 3 aromatic rings. The van der Waals surface area contributed by atoms with Crippen LogP contribution in [0.2, 0.25) is 0 Å². The first-order chi connectivity index (χ1) is 13.3. The highest BCUT2D eigenvalue weighted by Crippen LogP contribution is 2.32.